The van der Waals surface area contributed by atoms with Gasteiger partial charge in [0.1, 0.15) is 48.2 Å². The van der Waals surface area contributed by atoms with E-state index >= 15 is 0 Å². The largest absolute Gasteiger partial charge is 0.513 e. The molecule has 5 aromatic rings. The molecule has 0 radical (unpaired) electrons. The van der Waals surface area contributed by atoms with Crippen LogP contribution in [0, 0.1) is 10.1 Å². The van der Waals surface area contributed by atoms with Crippen LogP contribution in [-0.2, 0) is 45.5 Å². The predicted molar refractivity (Wildman–Crippen MR) is 270 cm³/mol. The average molecular weight is 1010 g/mol. The number of amides is 6. The van der Waals surface area contributed by atoms with Gasteiger partial charge in [0.15, 0.2) is 0 Å². The quantitative estimate of drug-likeness (QED) is 0.0136. The summed E-state index contributed by atoms with van der Waals surface area (Å²) in [6, 6.07) is 34.9. The van der Waals surface area contributed by atoms with Crippen molar-refractivity contribution in [1.29, 1.82) is 0 Å². The monoisotopic (exact) mass is 1010 g/mol. The van der Waals surface area contributed by atoms with Crippen molar-refractivity contribution >= 4 is 53.3 Å². The number of nitrogens with zero attached hydrogens (tertiary/aromatic N) is 2. The Morgan fingerprint density at radius 1 is 0.689 bits per heavy atom. The first-order valence-corrected chi connectivity index (χ1v) is 23.8. The molecule has 5 N–H and O–H groups in total. The number of nitro benzene ring substituents is 1. The fourth-order valence-corrected chi connectivity index (χ4v) is 8.00. The van der Waals surface area contributed by atoms with Crippen molar-refractivity contribution in [3.63, 3.8) is 0 Å². The highest BCUT2D eigenvalue weighted by atomic mass is 16.7. The lowest BCUT2D eigenvalue weighted by Gasteiger charge is -2.37. The van der Waals surface area contributed by atoms with Crippen LogP contribution >= 0.6 is 0 Å². The predicted octanol–water partition coefficient (Wildman–Crippen LogP) is 7.25. The number of hydrogen-bond donors (Lipinski definition) is 5. The van der Waals surface area contributed by atoms with Gasteiger partial charge in [-0.1, -0.05) is 103 Å². The molecule has 0 bridgehead atoms. The molecule has 6 amide bonds. The fraction of sp³-hybridized carbons (Fsp3) is 0.315. The van der Waals surface area contributed by atoms with Gasteiger partial charge in [-0.2, -0.15) is 0 Å². The van der Waals surface area contributed by atoms with Gasteiger partial charge in [-0.05, 0) is 94.0 Å². The molecule has 1 fully saturated rings. The topological polar surface area (TPSA) is 263 Å². The van der Waals surface area contributed by atoms with Gasteiger partial charge in [-0.25, -0.2) is 14.4 Å². The standard InChI is InChI=1S/C54H59N7O13/c1-35(55-47(63)36(2)56-50(66)74-53(3,4)5)48(64)58-45(32-46(62)59-54(38-16-9-6-10-17-38,39-18-11-7-12-19-39)40-20-13-8-14-21-40)49(65)57-41-25-23-37(24-26-41)33-71-51(67)60-31-15-22-43(60)34-72-52(68)73-44-29-27-42(28-30-44)61(69)70/h6-14,16-21,23-30,35-36,43,45H,15,22,31-34H2,1-5H3,(H,55,63)(H,56,66)(H,57,65)(H,58,64)(H,59,62)/t35-,36-,43-,45-/m0/s1. The van der Waals surface area contributed by atoms with Crippen LogP contribution in [0.1, 0.15) is 76.1 Å². The van der Waals surface area contributed by atoms with Crippen LogP contribution in [0.15, 0.2) is 140 Å². The van der Waals surface area contributed by atoms with Crippen molar-refractivity contribution in [2.24, 2.45) is 0 Å². The first-order chi connectivity index (χ1) is 35.3. The van der Waals surface area contributed by atoms with Crippen molar-refractivity contribution in [1.82, 2.24) is 26.2 Å². The van der Waals surface area contributed by atoms with Crippen molar-refractivity contribution < 1.29 is 57.4 Å². The van der Waals surface area contributed by atoms with E-state index < -0.39 is 88.6 Å². The molecular formula is C54H59N7O13. The van der Waals surface area contributed by atoms with E-state index in [1.165, 1.54) is 43.0 Å². The lowest BCUT2D eigenvalue weighted by molar-refractivity contribution is -0.384. The van der Waals surface area contributed by atoms with Gasteiger partial charge in [0.25, 0.3) is 5.69 Å². The fourth-order valence-electron chi connectivity index (χ4n) is 8.00. The third-order valence-electron chi connectivity index (χ3n) is 11.7. The Kier molecular flexibility index (Phi) is 18.4. The van der Waals surface area contributed by atoms with Gasteiger partial charge < -0.3 is 50.4 Å². The SMILES string of the molecule is C[C@H](NC(=O)OC(C)(C)C)C(=O)N[C@@H](C)C(=O)N[C@@H](CC(=O)NC(c1ccccc1)(c1ccccc1)c1ccccc1)C(=O)Nc1ccc(COC(=O)N2CCC[C@H]2COC(=O)Oc2ccc([N+](=O)[O-])cc2)cc1. The third kappa shape index (κ3) is 15.1. The molecule has 0 aromatic heterocycles. The van der Waals surface area contributed by atoms with Crippen LogP contribution in [0.3, 0.4) is 0 Å². The number of likely N-dealkylation sites (tertiary alicyclic amines) is 1. The minimum absolute atomic E-state index is 0.0481. The minimum Gasteiger partial charge on any atom is -0.445 e. The van der Waals surface area contributed by atoms with Gasteiger partial charge in [0.2, 0.25) is 23.6 Å². The first kappa shape index (κ1) is 54.5. The third-order valence-corrected chi connectivity index (χ3v) is 11.7. The number of rotatable bonds is 19. The van der Waals surface area contributed by atoms with Gasteiger partial charge >= 0.3 is 18.3 Å². The molecule has 0 aliphatic carbocycles. The van der Waals surface area contributed by atoms with Gasteiger partial charge in [-0.3, -0.25) is 29.3 Å². The van der Waals surface area contributed by atoms with Crippen LogP contribution in [0.5, 0.6) is 5.75 Å². The maximum Gasteiger partial charge on any atom is 0.513 e. The summed E-state index contributed by atoms with van der Waals surface area (Å²) in [5.74, 6) is -2.85. The van der Waals surface area contributed by atoms with Crippen LogP contribution in [0.2, 0.25) is 0 Å². The summed E-state index contributed by atoms with van der Waals surface area (Å²) in [6.45, 7) is 7.83. The molecular weight excluding hydrogens is 955 g/mol. The zero-order valence-corrected chi connectivity index (χ0v) is 41.5. The summed E-state index contributed by atoms with van der Waals surface area (Å²) in [5.41, 5.74) is 0.755. The van der Waals surface area contributed by atoms with E-state index in [2.05, 4.69) is 26.6 Å². The number of non-ortho nitro benzene ring substituents is 1. The second-order valence-corrected chi connectivity index (χ2v) is 18.4. The summed E-state index contributed by atoms with van der Waals surface area (Å²) >= 11 is 0. The van der Waals surface area contributed by atoms with E-state index in [1.807, 2.05) is 91.0 Å². The molecule has 74 heavy (non-hydrogen) atoms. The van der Waals surface area contributed by atoms with Crippen molar-refractivity contribution in [3.05, 3.63) is 172 Å². The minimum atomic E-state index is -1.50. The molecule has 1 heterocycles. The highest BCUT2D eigenvalue weighted by molar-refractivity contribution is 6.01. The first-order valence-electron chi connectivity index (χ1n) is 23.8. The van der Waals surface area contributed by atoms with Crippen LogP contribution in [-0.4, -0.2) is 94.7 Å². The molecule has 20 heteroatoms. The van der Waals surface area contributed by atoms with E-state index in [4.69, 9.17) is 18.9 Å². The van der Waals surface area contributed by atoms with Crippen molar-refractivity contribution in [2.45, 2.75) is 95.8 Å². The summed E-state index contributed by atoms with van der Waals surface area (Å²) in [6.07, 6.45) is -1.92. The Hall–Kier alpha value is -8.81. The molecule has 0 spiro atoms. The van der Waals surface area contributed by atoms with E-state index in [1.54, 1.807) is 45.0 Å². The number of hydrogen-bond acceptors (Lipinski definition) is 13. The van der Waals surface area contributed by atoms with E-state index in [0.29, 0.717) is 24.9 Å². The molecule has 1 aliphatic rings. The average Bonchev–Trinajstić information content (AvgIpc) is 3.86. The summed E-state index contributed by atoms with van der Waals surface area (Å²) in [5, 5.41) is 24.5. The van der Waals surface area contributed by atoms with Gasteiger partial charge in [-0.15, -0.1) is 0 Å². The number of alkyl carbamates (subject to hydrolysis) is 1. The Bertz CT molecular complexity index is 2660. The number of carbonyl (C=O) groups excluding carboxylic acids is 7. The molecule has 0 saturated carbocycles. The number of nitro groups is 1. The molecule has 0 unspecified atom stereocenters. The van der Waals surface area contributed by atoms with Crippen molar-refractivity contribution in [2.75, 3.05) is 18.5 Å². The Morgan fingerprint density at radius 2 is 1.23 bits per heavy atom. The Morgan fingerprint density at radius 3 is 1.77 bits per heavy atom. The molecule has 1 saturated heterocycles. The number of ether oxygens (including phenoxy) is 4. The molecule has 1 aliphatic heterocycles. The zero-order valence-electron chi connectivity index (χ0n) is 41.5. The summed E-state index contributed by atoms with van der Waals surface area (Å²) < 4.78 is 21.1. The summed E-state index contributed by atoms with van der Waals surface area (Å²) in [7, 11) is 0. The second-order valence-electron chi connectivity index (χ2n) is 18.4. The van der Waals surface area contributed by atoms with Crippen LogP contribution in [0.4, 0.5) is 25.8 Å². The lowest BCUT2D eigenvalue weighted by Crippen LogP contribution is -2.56. The number of carbonyl (C=O) groups is 7. The second kappa shape index (κ2) is 25.0. The number of nitrogens with one attached hydrogen (secondary N) is 5. The molecule has 5 aromatic carbocycles. The van der Waals surface area contributed by atoms with E-state index in [9.17, 15) is 43.7 Å². The lowest BCUT2D eigenvalue weighted by atomic mass is 9.77. The highest BCUT2D eigenvalue weighted by Gasteiger charge is 2.39. The molecule has 20 nitrogen and oxygen atoms in total. The number of anilines is 1. The Labute approximate surface area is 427 Å². The smallest absolute Gasteiger partial charge is 0.445 e. The summed E-state index contributed by atoms with van der Waals surface area (Å²) in [4.78, 5) is 105. The normalized spacial score (nSPS) is 14.4. The maximum atomic E-state index is 14.6. The molecule has 6 rings (SSSR count). The van der Waals surface area contributed by atoms with Gasteiger partial charge in [0, 0.05) is 24.4 Å². The van der Waals surface area contributed by atoms with E-state index in [0.717, 1.165) is 16.7 Å². The zero-order chi connectivity index (χ0) is 53.4. The Balaban J connectivity index is 1.13. The van der Waals surface area contributed by atoms with Gasteiger partial charge in [0.05, 0.1) is 17.4 Å². The highest BCUT2D eigenvalue weighted by Crippen LogP contribution is 2.37. The molecule has 4 atom stereocenters. The maximum absolute atomic E-state index is 14.6. The molecule has 388 valence electrons. The van der Waals surface area contributed by atoms with Crippen molar-refractivity contribution in [3.8, 4) is 5.75 Å². The number of benzene rings is 5. The van der Waals surface area contributed by atoms with Crippen LogP contribution < -0.4 is 31.3 Å². The van der Waals surface area contributed by atoms with Crippen LogP contribution in [0.25, 0.3) is 0 Å². The van der Waals surface area contributed by atoms with E-state index in [-0.39, 0.29) is 30.3 Å².